The molecule has 0 fully saturated rings. The molecule has 1 amide bonds. The second-order valence-corrected chi connectivity index (χ2v) is 7.48. The van der Waals surface area contributed by atoms with Crippen LogP contribution in [-0.2, 0) is 9.59 Å². The van der Waals surface area contributed by atoms with E-state index in [0.29, 0.717) is 6.42 Å². The van der Waals surface area contributed by atoms with Gasteiger partial charge in [-0.3, -0.25) is 9.59 Å². The molecule has 162 valence electrons. The first-order valence-corrected chi connectivity index (χ1v) is 11.0. The molecular weight excluding hydrogens is 354 g/mol. The van der Waals surface area contributed by atoms with Crippen molar-refractivity contribution in [2.75, 3.05) is 6.54 Å². The van der Waals surface area contributed by atoms with Gasteiger partial charge in [-0.1, -0.05) is 50.0 Å². The summed E-state index contributed by atoms with van der Waals surface area (Å²) in [4.78, 5) is 21.6. The van der Waals surface area contributed by atoms with Gasteiger partial charge in [0.05, 0.1) is 6.10 Å². The van der Waals surface area contributed by atoms with Gasteiger partial charge < -0.3 is 15.5 Å². The molecular formula is C23H41NO4. The Balaban J connectivity index is 3.27. The van der Waals surface area contributed by atoms with Crippen LogP contribution in [0.25, 0.3) is 0 Å². The van der Waals surface area contributed by atoms with Crippen LogP contribution in [-0.4, -0.2) is 34.7 Å². The van der Waals surface area contributed by atoms with Crippen molar-refractivity contribution in [2.24, 2.45) is 0 Å². The van der Waals surface area contributed by atoms with Crippen molar-refractivity contribution in [3.8, 4) is 0 Å². The second-order valence-electron chi connectivity index (χ2n) is 7.48. The monoisotopic (exact) mass is 395 g/mol. The van der Waals surface area contributed by atoms with Crippen LogP contribution in [0.5, 0.6) is 0 Å². The molecule has 0 aliphatic carbocycles. The molecule has 0 aliphatic heterocycles. The molecule has 3 N–H and O–H groups in total. The highest BCUT2D eigenvalue weighted by molar-refractivity contribution is 5.80. The predicted molar refractivity (Wildman–Crippen MR) is 115 cm³/mol. The Labute approximate surface area is 171 Å². The van der Waals surface area contributed by atoms with Gasteiger partial charge in [-0.05, 0) is 64.7 Å². The zero-order chi connectivity index (χ0) is 20.9. The van der Waals surface area contributed by atoms with Gasteiger partial charge in [-0.15, -0.1) is 0 Å². The first-order valence-electron chi connectivity index (χ1n) is 11.0. The summed E-state index contributed by atoms with van der Waals surface area (Å²) in [7, 11) is 0. The maximum Gasteiger partial charge on any atom is 0.322 e. The van der Waals surface area contributed by atoms with E-state index in [4.69, 9.17) is 5.11 Å². The van der Waals surface area contributed by atoms with E-state index in [2.05, 4.69) is 29.6 Å². The van der Waals surface area contributed by atoms with Crippen molar-refractivity contribution in [1.29, 1.82) is 0 Å². The van der Waals surface area contributed by atoms with Crippen LogP contribution in [0.4, 0.5) is 0 Å². The Kier molecular flexibility index (Phi) is 19.0. The van der Waals surface area contributed by atoms with Crippen LogP contribution in [0, 0.1) is 0 Å². The molecule has 0 saturated heterocycles. The summed E-state index contributed by atoms with van der Waals surface area (Å²) in [5.74, 6) is -1.20. The Morgan fingerprint density at radius 2 is 1.25 bits per heavy atom. The minimum Gasteiger partial charge on any atom is -0.480 e. The maximum atomic E-state index is 11.3. The van der Waals surface area contributed by atoms with Crippen LogP contribution in [0.1, 0.15) is 96.8 Å². The molecule has 1 unspecified atom stereocenters. The molecule has 0 saturated carbocycles. The molecule has 0 radical (unpaired) electrons. The average molecular weight is 396 g/mol. The molecule has 0 heterocycles. The predicted octanol–water partition coefficient (Wildman–Crippen LogP) is 5.14. The molecule has 1 atom stereocenters. The zero-order valence-corrected chi connectivity index (χ0v) is 17.7. The lowest BCUT2D eigenvalue weighted by atomic mass is 10.1. The number of nitrogens with one attached hydrogen (secondary N) is 1. The molecule has 0 bridgehead atoms. The maximum absolute atomic E-state index is 11.3. The number of carbonyl (C=O) groups excluding carboxylic acids is 1. The standard InChI is InChI=1S/C23H41NO4/c1-21(25)18-16-14-12-10-8-6-4-2-3-5-7-9-11-13-15-17-19-22(26)24-20-23(27)28/h8,10-11,13,21,25H,2-7,9,12,14-20H2,1H3,(H,24,26)(H,27,28)/b10-8-,13-11-. The Morgan fingerprint density at radius 3 is 1.75 bits per heavy atom. The number of aliphatic hydroxyl groups is 1. The number of carbonyl (C=O) groups is 2. The first-order chi connectivity index (χ1) is 13.5. The highest BCUT2D eigenvalue weighted by Gasteiger charge is 2.02. The van der Waals surface area contributed by atoms with E-state index in [0.717, 1.165) is 38.5 Å². The molecule has 0 aliphatic rings. The molecule has 28 heavy (non-hydrogen) atoms. The van der Waals surface area contributed by atoms with E-state index >= 15 is 0 Å². The van der Waals surface area contributed by atoms with Gasteiger partial charge in [0, 0.05) is 6.42 Å². The minimum absolute atomic E-state index is 0.162. The molecule has 0 rings (SSSR count). The largest absolute Gasteiger partial charge is 0.480 e. The van der Waals surface area contributed by atoms with Gasteiger partial charge in [0.25, 0.3) is 0 Å². The Hall–Kier alpha value is -1.62. The van der Waals surface area contributed by atoms with E-state index in [1.807, 2.05) is 6.92 Å². The lowest BCUT2D eigenvalue weighted by Crippen LogP contribution is -2.28. The van der Waals surface area contributed by atoms with Gasteiger partial charge in [-0.2, -0.15) is 0 Å². The van der Waals surface area contributed by atoms with E-state index in [1.54, 1.807) is 0 Å². The van der Waals surface area contributed by atoms with Gasteiger partial charge in [0.1, 0.15) is 6.54 Å². The fourth-order valence-corrected chi connectivity index (χ4v) is 2.87. The van der Waals surface area contributed by atoms with Crippen molar-refractivity contribution in [3.05, 3.63) is 24.3 Å². The Morgan fingerprint density at radius 1 is 0.786 bits per heavy atom. The number of aliphatic carboxylic acids is 1. The number of carboxylic acids is 1. The third kappa shape index (κ3) is 22.4. The van der Waals surface area contributed by atoms with E-state index in [-0.39, 0.29) is 18.6 Å². The number of hydrogen-bond acceptors (Lipinski definition) is 3. The number of allylic oxidation sites excluding steroid dienone is 4. The van der Waals surface area contributed by atoms with E-state index in [9.17, 15) is 14.7 Å². The van der Waals surface area contributed by atoms with Crippen molar-refractivity contribution in [3.63, 3.8) is 0 Å². The number of carboxylic acid groups (broad SMARTS) is 1. The summed E-state index contributed by atoms with van der Waals surface area (Å²) in [6.07, 6.45) is 23.7. The molecule has 0 spiro atoms. The highest BCUT2D eigenvalue weighted by Crippen LogP contribution is 2.09. The number of hydrogen-bond donors (Lipinski definition) is 3. The quantitative estimate of drug-likeness (QED) is 0.209. The number of unbranched alkanes of at least 4 members (excludes halogenated alkanes) is 9. The fraction of sp³-hybridized carbons (Fsp3) is 0.739. The lowest BCUT2D eigenvalue weighted by Gasteiger charge is -2.01. The van der Waals surface area contributed by atoms with Crippen molar-refractivity contribution < 1.29 is 19.8 Å². The third-order valence-corrected chi connectivity index (χ3v) is 4.53. The van der Waals surface area contributed by atoms with Gasteiger partial charge in [-0.25, -0.2) is 0 Å². The molecule has 0 aromatic rings. The van der Waals surface area contributed by atoms with E-state index in [1.165, 1.54) is 44.9 Å². The second kappa shape index (κ2) is 20.1. The fourth-order valence-electron chi connectivity index (χ4n) is 2.87. The SMILES string of the molecule is CC(O)CCCC/C=C\CCCCCCC/C=C\CCCC(=O)NCC(=O)O. The normalized spacial score (nSPS) is 12.6. The van der Waals surface area contributed by atoms with Crippen LogP contribution in [0.2, 0.25) is 0 Å². The van der Waals surface area contributed by atoms with E-state index < -0.39 is 5.97 Å². The smallest absolute Gasteiger partial charge is 0.322 e. The van der Waals surface area contributed by atoms with Crippen LogP contribution in [0.15, 0.2) is 24.3 Å². The van der Waals surface area contributed by atoms with Gasteiger partial charge >= 0.3 is 5.97 Å². The highest BCUT2D eigenvalue weighted by atomic mass is 16.4. The molecule has 5 nitrogen and oxygen atoms in total. The zero-order valence-electron chi connectivity index (χ0n) is 17.7. The molecule has 0 aromatic carbocycles. The van der Waals surface area contributed by atoms with Gasteiger partial charge in [0.15, 0.2) is 0 Å². The number of aliphatic hydroxyl groups excluding tert-OH is 1. The summed E-state index contributed by atoms with van der Waals surface area (Å²) < 4.78 is 0. The summed E-state index contributed by atoms with van der Waals surface area (Å²) in [6, 6.07) is 0. The van der Waals surface area contributed by atoms with Crippen molar-refractivity contribution in [1.82, 2.24) is 5.32 Å². The summed E-state index contributed by atoms with van der Waals surface area (Å²) >= 11 is 0. The topological polar surface area (TPSA) is 86.6 Å². The third-order valence-electron chi connectivity index (χ3n) is 4.53. The van der Waals surface area contributed by atoms with Crippen molar-refractivity contribution >= 4 is 11.9 Å². The Bertz CT molecular complexity index is 444. The van der Waals surface area contributed by atoms with Crippen LogP contribution in [0.3, 0.4) is 0 Å². The summed E-state index contributed by atoms with van der Waals surface area (Å²) in [5.41, 5.74) is 0. The molecule has 5 heteroatoms. The average Bonchev–Trinajstić information content (AvgIpc) is 2.65. The number of amides is 1. The van der Waals surface area contributed by atoms with Crippen molar-refractivity contribution in [2.45, 2.75) is 103 Å². The van der Waals surface area contributed by atoms with Crippen LogP contribution >= 0.6 is 0 Å². The first kappa shape index (κ1) is 26.4. The van der Waals surface area contributed by atoms with Gasteiger partial charge in [0.2, 0.25) is 5.91 Å². The number of rotatable bonds is 19. The summed E-state index contributed by atoms with van der Waals surface area (Å²) in [6.45, 7) is 1.55. The lowest BCUT2D eigenvalue weighted by molar-refractivity contribution is -0.137. The van der Waals surface area contributed by atoms with Crippen LogP contribution < -0.4 is 5.32 Å². The summed E-state index contributed by atoms with van der Waals surface area (Å²) in [5, 5.41) is 20.0. The minimum atomic E-state index is -1.01. The molecule has 0 aromatic heterocycles.